The Kier molecular flexibility index (Phi) is 5.62. The summed E-state index contributed by atoms with van der Waals surface area (Å²) in [5, 5.41) is 8.50. The third-order valence-electron chi connectivity index (χ3n) is 7.48. The van der Waals surface area contributed by atoms with E-state index in [9.17, 15) is 4.79 Å². The van der Waals surface area contributed by atoms with Crippen molar-refractivity contribution in [2.75, 3.05) is 58.2 Å². The van der Waals surface area contributed by atoms with Crippen LogP contribution in [0.5, 0.6) is 0 Å². The van der Waals surface area contributed by atoms with Gasteiger partial charge in [0.05, 0.1) is 18.7 Å². The molecule has 0 aliphatic carbocycles. The van der Waals surface area contributed by atoms with Gasteiger partial charge < -0.3 is 25.6 Å². The van der Waals surface area contributed by atoms with Crippen molar-refractivity contribution in [3.05, 3.63) is 23.9 Å². The second-order valence-electron chi connectivity index (χ2n) is 9.67. The molecular formula is C23H34N6O2. The van der Waals surface area contributed by atoms with E-state index in [1.165, 1.54) is 25.9 Å². The van der Waals surface area contributed by atoms with E-state index < -0.39 is 0 Å². The van der Waals surface area contributed by atoms with Crippen molar-refractivity contribution >= 4 is 22.5 Å². The summed E-state index contributed by atoms with van der Waals surface area (Å²) in [6.45, 7) is 8.71. The van der Waals surface area contributed by atoms with Gasteiger partial charge in [0.2, 0.25) is 0 Å². The molecule has 8 heteroatoms. The SMILES string of the molecule is Cn1nc(C(=O)NC2CCN(CCN3CCC4(CC3)COC4)CC2)c2ccc(N)cc21. The van der Waals surface area contributed by atoms with Crippen LogP contribution in [0.2, 0.25) is 0 Å². The molecule has 0 unspecified atom stereocenters. The number of hydrogen-bond donors (Lipinski definition) is 2. The largest absolute Gasteiger partial charge is 0.399 e. The fraction of sp³-hybridized carbons (Fsp3) is 0.652. The van der Waals surface area contributed by atoms with E-state index in [1.807, 2.05) is 25.2 Å². The zero-order valence-corrected chi connectivity index (χ0v) is 18.5. The number of rotatable bonds is 5. The molecule has 0 radical (unpaired) electrons. The molecule has 3 saturated heterocycles. The molecule has 5 rings (SSSR count). The van der Waals surface area contributed by atoms with Crippen LogP contribution in [0.15, 0.2) is 18.2 Å². The summed E-state index contributed by atoms with van der Waals surface area (Å²) in [7, 11) is 1.85. The number of hydrogen-bond acceptors (Lipinski definition) is 6. The number of piperidine rings is 2. The number of nitrogen functional groups attached to an aromatic ring is 1. The van der Waals surface area contributed by atoms with Crippen LogP contribution in [-0.4, -0.2) is 84.0 Å². The predicted octanol–water partition coefficient (Wildman–Crippen LogP) is 1.46. The molecule has 31 heavy (non-hydrogen) atoms. The standard InChI is InChI=1S/C23H34N6O2/c1-27-20-14-17(24)2-3-19(20)21(26-27)22(30)25-18-4-8-28(9-5-18)12-13-29-10-6-23(7-11-29)15-31-16-23/h2-3,14,18H,4-13,15-16,24H2,1H3,(H,25,30). The maximum absolute atomic E-state index is 12.9. The number of carbonyl (C=O) groups excluding carboxylic acids is 1. The average molecular weight is 427 g/mol. The minimum atomic E-state index is -0.0870. The number of aryl methyl sites for hydroxylation is 1. The Morgan fingerprint density at radius 3 is 2.48 bits per heavy atom. The highest BCUT2D eigenvalue weighted by Gasteiger charge is 2.41. The number of carbonyl (C=O) groups is 1. The maximum Gasteiger partial charge on any atom is 0.272 e. The molecule has 1 amide bonds. The maximum atomic E-state index is 12.9. The molecule has 168 valence electrons. The summed E-state index contributed by atoms with van der Waals surface area (Å²) in [4.78, 5) is 18.0. The van der Waals surface area contributed by atoms with E-state index in [2.05, 4.69) is 20.2 Å². The molecule has 3 fully saturated rings. The molecule has 1 spiro atoms. The second kappa shape index (κ2) is 8.41. The lowest BCUT2D eigenvalue weighted by atomic mass is 9.77. The average Bonchev–Trinajstić information content (AvgIpc) is 3.08. The highest BCUT2D eigenvalue weighted by molar-refractivity contribution is 6.05. The van der Waals surface area contributed by atoms with Crippen molar-refractivity contribution in [2.45, 2.75) is 31.7 Å². The molecule has 8 nitrogen and oxygen atoms in total. The Morgan fingerprint density at radius 2 is 1.84 bits per heavy atom. The molecule has 0 saturated carbocycles. The number of amides is 1. The van der Waals surface area contributed by atoms with Crippen LogP contribution in [-0.2, 0) is 11.8 Å². The minimum absolute atomic E-state index is 0.0870. The van der Waals surface area contributed by atoms with Gasteiger partial charge in [0.15, 0.2) is 5.69 Å². The highest BCUT2D eigenvalue weighted by atomic mass is 16.5. The van der Waals surface area contributed by atoms with Gasteiger partial charge in [-0.2, -0.15) is 5.10 Å². The van der Waals surface area contributed by atoms with E-state index in [0.29, 0.717) is 16.8 Å². The summed E-state index contributed by atoms with van der Waals surface area (Å²) in [5.74, 6) is -0.0870. The number of fused-ring (bicyclic) bond motifs is 1. The van der Waals surface area contributed by atoms with Gasteiger partial charge in [-0.25, -0.2) is 0 Å². The van der Waals surface area contributed by atoms with E-state index in [0.717, 1.165) is 63.1 Å². The van der Waals surface area contributed by atoms with E-state index >= 15 is 0 Å². The molecule has 1 aromatic heterocycles. The van der Waals surface area contributed by atoms with E-state index in [4.69, 9.17) is 10.5 Å². The van der Waals surface area contributed by atoms with Gasteiger partial charge in [0.25, 0.3) is 5.91 Å². The lowest BCUT2D eigenvalue weighted by molar-refractivity contribution is -0.139. The first-order chi connectivity index (χ1) is 15.0. The first-order valence-corrected chi connectivity index (χ1v) is 11.6. The van der Waals surface area contributed by atoms with Crippen LogP contribution >= 0.6 is 0 Å². The molecule has 3 N–H and O–H groups in total. The number of anilines is 1. The first kappa shape index (κ1) is 20.7. The summed E-state index contributed by atoms with van der Waals surface area (Å²) in [6, 6.07) is 5.78. The Morgan fingerprint density at radius 1 is 1.16 bits per heavy atom. The summed E-state index contributed by atoms with van der Waals surface area (Å²) >= 11 is 0. The van der Waals surface area contributed by atoms with Gasteiger partial charge >= 0.3 is 0 Å². The molecule has 2 aromatic rings. The zero-order valence-electron chi connectivity index (χ0n) is 18.5. The molecule has 0 atom stereocenters. The lowest BCUT2D eigenvalue weighted by Gasteiger charge is -2.47. The van der Waals surface area contributed by atoms with Crippen molar-refractivity contribution in [1.82, 2.24) is 24.9 Å². The van der Waals surface area contributed by atoms with Crippen LogP contribution in [0.4, 0.5) is 5.69 Å². The molecule has 0 bridgehead atoms. The number of nitrogens with zero attached hydrogens (tertiary/aromatic N) is 4. The van der Waals surface area contributed by atoms with Crippen molar-refractivity contribution in [2.24, 2.45) is 12.5 Å². The van der Waals surface area contributed by atoms with E-state index in [-0.39, 0.29) is 11.9 Å². The fourth-order valence-corrected chi connectivity index (χ4v) is 5.21. The summed E-state index contributed by atoms with van der Waals surface area (Å²) in [6.07, 6.45) is 4.56. The van der Waals surface area contributed by atoms with Crippen LogP contribution in [0, 0.1) is 5.41 Å². The van der Waals surface area contributed by atoms with Crippen molar-refractivity contribution in [1.29, 1.82) is 0 Å². The Hall–Kier alpha value is -2.16. The topological polar surface area (TPSA) is 88.7 Å². The minimum Gasteiger partial charge on any atom is -0.399 e. The Balaban J connectivity index is 1.08. The third kappa shape index (κ3) is 4.29. The number of nitrogens with one attached hydrogen (secondary N) is 1. The van der Waals surface area contributed by atoms with Gasteiger partial charge in [-0.1, -0.05) is 0 Å². The van der Waals surface area contributed by atoms with Crippen LogP contribution < -0.4 is 11.1 Å². The van der Waals surface area contributed by atoms with Crippen LogP contribution in [0.1, 0.15) is 36.2 Å². The molecule has 4 heterocycles. The predicted molar refractivity (Wildman–Crippen MR) is 121 cm³/mol. The van der Waals surface area contributed by atoms with Crippen molar-refractivity contribution in [3.63, 3.8) is 0 Å². The lowest BCUT2D eigenvalue weighted by Crippen LogP contribution is -2.52. The Labute approximate surface area is 183 Å². The molecule has 3 aliphatic heterocycles. The number of likely N-dealkylation sites (tertiary alicyclic amines) is 2. The number of ether oxygens (including phenoxy) is 1. The zero-order chi connectivity index (χ0) is 21.4. The van der Waals surface area contributed by atoms with Gasteiger partial charge in [-0.3, -0.25) is 9.48 Å². The van der Waals surface area contributed by atoms with Gasteiger partial charge in [-0.15, -0.1) is 0 Å². The Bertz CT molecular complexity index is 935. The summed E-state index contributed by atoms with van der Waals surface area (Å²) in [5.41, 5.74) is 8.44. The molecule has 1 aromatic carbocycles. The highest BCUT2D eigenvalue weighted by Crippen LogP contribution is 2.38. The van der Waals surface area contributed by atoms with Gasteiger partial charge in [-0.05, 0) is 57.0 Å². The van der Waals surface area contributed by atoms with Crippen molar-refractivity contribution < 1.29 is 9.53 Å². The molecular weight excluding hydrogens is 392 g/mol. The van der Waals surface area contributed by atoms with Crippen molar-refractivity contribution in [3.8, 4) is 0 Å². The smallest absolute Gasteiger partial charge is 0.272 e. The number of benzene rings is 1. The van der Waals surface area contributed by atoms with Gasteiger partial charge in [0.1, 0.15) is 0 Å². The number of nitrogens with two attached hydrogens (primary N) is 1. The van der Waals surface area contributed by atoms with Crippen LogP contribution in [0.3, 0.4) is 0 Å². The van der Waals surface area contributed by atoms with Crippen LogP contribution in [0.25, 0.3) is 10.9 Å². The second-order valence-corrected chi connectivity index (χ2v) is 9.67. The third-order valence-corrected chi connectivity index (χ3v) is 7.48. The monoisotopic (exact) mass is 426 g/mol. The molecule has 3 aliphatic rings. The number of aromatic nitrogens is 2. The quantitative estimate of drug-likeness (QED) is 0.704. The normalized spacial score (nSPS) is 22.6. The van der Waals surface area contributed by atoms with E-state index in [1.54, 1.807) is 4.68 Å². The first-order valence-electron chi connectivity index (χ1n) is 11.6. The summed E-state index contributed by atoms with van der Waals surface area (Å²) < 4.78 is 7.16. The van der Waals surface area contributed by atoms with Gasteiger partial charge in [0, 0.05) is 55.8 Å². The fourth-order valence-electron chi connectivity index (χ4n) is 5.21.